The topological polar surface area (TPSA) is 35.6 Å². The first kappa shape index (κ1) is 13.4. The van der Waals surface area contributed by atoms with Gasteiger partial charge in [-0.3, -0.25) is 0 Å². The lowest BCUT2D eigenvalue weighted by atomic mass is 10.2. The monoisotopic (exact) mass is 268 g/mol. The Morgan fingerprint density at radius 1 is 1.28 bits per heavy atom. The fraction of sp³-hybridized carbons (Fsp3) is 0.692. The summed E-state index contributed by atoms with van der Waals surface area (Å²) in [7, 11) is 0. The Hall–Kier alpha value is -1.03. The Morgan fingerprint density at radius 2 is 1.94 bits per heavy atom. The molecule has 18 heavy (non-hydrogen) atoms. The number of hydrogen-bond donors (Lipinski definition) is 0. The molecule has 0 aromatic carbocycles. The molecule has 0 aliphatic carbocycles. The van der Waals surface area contributed by atoms with Crippen molar-refractivity contribution in [3.8, 4) is 0 Å². The lowest BCUT2D eigenvalue weighted by Crippen LogP contribution is -2.12. The SMILES string of the molecule is CCn1nc(C)c2nc(C(C)Cl)n(CC(C)C)c21. The van der Waals surface area contributed by atoms with Gasteiger partial charge in [-0.1, -0.05) is 13.8 Å². The molecule has 2 aromatic rings. The summed E-state index contributed by atoms with van der Waals surface area (Å²) in [5.41, 5.74) is 3.07. The highest BCUT2D eigenvalue weighted by Gasteiger charge is 2.21. The molecule has 0 aliphatic heterocycles. The molecule has 5 heteroatoms. The van der Waals surface area contributed by atoms with Crippen molar-refractivity contribution in [2.45, 2.75) is 53.1 Å². The van der Waals surface area contributed by atoms with E-state index in [-0.39, 0.29) is 5.38 Å². The number of hydrogen-bond acceptors (Lipinski definition) is 2. The first-order chi connectivity index (χ1) is 8.45. The van der Waals surface area contributed by atoms with Crippen molar-refractivity contribution in [2.24, 2.45) is 5.92 Å². The van der Waals surface area contributed by atoms with Crippen LogP contribution in [0.25, 0.3) is 11.2 Å². The fourth-order valence-corrected chi connectivity index (χ4v) is 2.48. The molecular formula is C13H21ClN4. The summed E-state index contributed by atoms with van der Waals surface area (Å²) >= 11 is 6.26. The van der Waals surface area contributed by atoms with Crippen molar-refractivity contribution in [2.75, 3.05) is 0 Å². The number of imidazole rings is 1. The molecule has 0 saturated carbocycles. The normalized spacial score (nSPS) is 13.7. The fourth-order valence-electron chi connectivity index (χ4n) is 2.31. The van der Waals surface area contributed by atoms with Gasteiger partial charge in [-0.05, 0) is 26.7 Å². The van der Waals surface area contributed by atoms with Gasteiger partial charge in [-0.15, -0.1) is 11.6 Å². The summed E-state index contributed by atoms with van der Waals surface area (Å²) in [5.74, 6) is 1.50. The highest BCUT2D eigenvalue weighted by molar-refractivity contribution is 6.20. The molecule has 1 atom stereocenters. The van der Waals surface area contributed by atoms with Crippen molar-refractivity contribution in [3.05, 3.63) is 11.5 Å². The average Bonchev–Trinajstić information content (AvgIpc) is 2.78. The number of aromatic nitrogens is 4. The van der Waals surface area contributed by atoms with E-state index in [2.05, 4.69) is 35.4 Å². The van der Waals surface area contributed by atoms with Gasteiger partial charge in [0.1, 0.15) is 11.3 Å². The van der Waals surface area contributed by atoms with E-state index in [1.54, 1.807) is 0 Å². The Labute approximate surface area is 113 Å². The van der Waals surface area contributed by atoms with Crippen LogP contribution >= 0.6 is 11.6 Å². The van der Waals surface area contributed by atoms with Gasteiger partial charge >= 0.3 is 0 Å². The van der Waals surface area contributed by atoms with E-state index >= 15 is 0 Å². The third-order valence-electron chi connectivity index (χ3n) is 3.03. The Bertz CT molecular complexity index is 551. The zero-order valence-corrected chi connectivity index (χ0v) is 12.5. The minimum absolute atomic E-state index is 0.0825. The maximum Gasteiger partial charge on any atom is 0.158 e. The summed E-state index contributed by atoms with van der Waals surface area (Å²) in [6.45, 7) is 12.3. The van der Waals surface area contributed by atoms with Gasteiger partial charge in [-0.25, -0.2) is 9.67 Å². The van der Waals surface area contributed by atoms with Crippen molar-refractivity contribution in [1.29, 1.82) is 0 Å². The Kier molecular flexibility index (Phi) is 3.66. The highest BCUT2D eigenvalue weighted by Crippen LogP contribution is 2.27. The van der Waals surface area contributed by atoms with Crippen LogP contribution in [0.5, 0.6) is 0 Å². The highest BCUT2D eigenvalue weighted by atomic mass is 35.5. The van der Waals surface area contributed by atoms with Crippen LogP contribution < -0.4 is 0 Å². The molecule has 2 rings (SSSR count). The van der Waals surface area contributed by atoms with Crippen molar-refractivity contribution in [1.82, 2.24) is 19.3 Å². The molecule has 0 saturated heterocycles. The van der Waals surface area contributed by atoms with Gasteiger partial charge in [0.05, 0.1) is 11.1 Å². The van der Waals surface area contributed by atoms with Gasteiger partial charge in [0.25, 0.3) is 0 Å². The number of halogens is 1. The molecule has 0 fully saturated rings. The van der Waals surface area contributed by atoms with E-state index in [0.29, 0.717) is 5.92 Å². The molecule has 2 aromatic heterocycles. The third kappa shape index (κ3) is 2.14. The first-order valence-corrected chi connectivity index (χ1v) is 6.96. The van der Waals surface area contributed by atoms with Crippen LogP contribution in [0.3, 0.4) is 0 Å². The van der Waals surface area contributed by atoms with Gasteiger partial charge in [0, 0.05) is 13.1 Å². The minimum Gasteiger partial charge on any atom is -0.311 e. The summed E-state index contributed by atoms with van der Waals surface area (Å²) in [5, 5.41) is 4.44. The smallest absolute Gasteiger partial charge is 0.158 e. The predicted molar refractivity (Wildman–Crippen MR) is 75.0 cm³/mol. The molecule has 0 bridgehead atoms. The van der Waals surface area contributed by atoms with Crippen molar-refractivity contribution < 1.29 is 0 Å². The number of nitrogens with zero attached hydrogens (tertiary/aromatic N) is 4. The lowest BCUT2D eigenvalue weighted by Gasteiger charge is -2.13. The Morgan fingerprint density at radius 3 is 2.44 bits per heavy atom. The third-order valence-corrected chi connectivity index (χ3v) is 3.23. The summed E-state index contributed by atoms with van der Waals surface area (Å²) < 4.78 is 4.24. The number of rotatable bonds is 4. The molecule has 0 radical (unpaired) electrons. The van der Waals surface area contributed by atoms with E-state index in [0.717, 1.165) is 35.8 Å². The quantitative estimate of drug-likeness (QED) is 0.796. The van der Waals surface area contributed by atoms with Gasteiger partial charge < -0.3 is 4.57 Å². The molecule has 0 amide bonds. The van der Waals surface area contributed by atoms with E-state index in [4.69, 9.17) is 11.6 Å². The number of aryl methyl sites for hydroxylation is 2. The molecule has 100 valence electrons. The molecular weight excluding hydrogens is 248 g/mol. The standard InChI is InChI=1S/C13H21ClN4/c1-6-18-13-11(10(5)16-18)15-12(9(4)14)17(13)7-8(2)3/h8-9H,6-7H2,1-5H3. The second-order valence-electron chi connectivity index (χ2n) is 5.16. The van der Waals surface area contributed by atoms with Gasteiger partial charge in [-0.2, -0.15) is 5.10 Å². The maximum atomic E-state index is 6.26. The van der Waals surface area contributed by atoms with Crippen LogP contribution in [0, 0.1) is 12.8 Å². The van der Waals surface area contributed by atoms with E-state index in [1.807, 2.05) is 18.5 Å². The number of fused-ring (bicyclic) bond motifs is 1. The van der Waals surface area contributed by atoms with Crippen LogP contribution in [-0.2, 0) is 13.1 Å². The predicted octanol–water partition coefficient (Wildman–Crippen LogP) is 3.52. The Balaban J connectivity index is 2.70. The van der Waals surface area contributed by atoms with Gasteiger partial charge in [0.2, 0.25) is 0 Å². The first-order valence-electron chi connectivity index (χ1n) is 6.53. The van der Waals surface area contributed by atoms with Crippen molar-refractivity contribution in [3.63, 3.8) is 0 Å². The van der Waals surface area contributed by atoms with Crippen LogP contribution in [0.1, 0.15) is 44.6 Å². The second kappa shape index (κ2) is 4.92. The molecule has 0 N–H and O–H groups in total. The summed E-state index contributed by atoms with van der Waals surface area (Å²) in [4.78, 5) is 4.68. The summed E-state index contributed by atoms with van der Waals surface area (Å²) in [6, 6.07) is 0. The van der Waals surface area contributed by atoms with E-state index in [9.17, 15) is 0 Å². The van der Waals surface area contributed by atoms with Gasteiger partial charge in [0.15, 0.2) is 5.65 Å². The molecule has 4 nitrogen and oxygen atoms in total. The molecule has 0 aliphatic rings. The second-order valence-corrected chi connectivity index (χ2v) is 5.82. The van der Waals surface area contributed by atoms with Crippen molar-refractivity contribution >= 4 is 22.8 Å². The van der Waals surface area contributed by atoms with Crippen LogP contribution in [-0.4, -0.2) is 19.3 Å². The zero-order chi connectivity index (χ0) is 13.4. The molecule has 1 unspecified atom stereocenters. The van der Waals surface area contributed by atoms with E-state index in [1.165, 1.54) is 0 Å². The van der Waals surface area contributed by atoms with Crippen LogP contribution in [0.15, 0.2) is 0 Å². The maximum absolute atomic E-state index is 6.26. The molecule has 2 heterocycles. The average molecular weight is 269 g/mol. The minimum atomic E-state index is -0.0825. The van der Waals surface area contributed by atoms with Crippen LogP contribution in [0.4, 0.5) is 0 Å². The molecule has 0 spiro atoms. The summed E-state index contributed by atoms with van der Waals surface area (Å²) in [6.07, 6.45) is 0. The zero-order valence-electron chi connectivity index (χ0n) is 11.7. The van der Waals surface area contributed by atoms with E-state index < -0.39 is 0 Å². The van der Waals surface area contributed by atoms with Crippen LogP contribution in [0.2, 0.25) is 0 Å². The largest absolute Gasteiger partial charge is 0.311 e. The number of alkyl halides is 1. The lowest BCUT2D eigenvalue weighted by molar-refractivity contribution is 0.503.